The van der Waals surface area contributed by atoms with Crippen LogP contribution in [-0.4, -0.2) is 38.8 Å². The number of carbonyl (C=O) groups excluding carboxylic acids is 1. The molecule has 2 heterocycles. The quantitative estimate of drug-likeness (QED) is 0.764. The number of ether oxygens (including phenoxy) is 1. The van der Waals surface area contributed by atoms with Crippen molar-refractivity contribution in [3.8, 4) is 6.07 Å². The van der Waals surface area contributed by atoms with Crippen LogP contribution in [-0.2, 0) is 11.3 Å². The second kappa shape index (κ2) is 8.42. The second-order valence-electron chi connectivity index (χ2n) is 6.68. The molecule has 3 rings (SSSR count). The molecule has 1 aromatic heterocycles. The molecule has 27 heavy (non-hydrogen) atoms. The van der Waals surface area contributed by atoms with Gasteiger partial charge >= 0.3 is 5.97 Å². The third kappa shape index (κ3) is 4.07. The zero-order valence-electron chi connectivity index (χ0n) is 15.7. The Labute approximate surface area is 163 Å². The SMILES string of the molecule is CCOC(=O)c1sc(N)c(C#N)c1C[NH+]1CCN(c2ccccc2C)CC1. The zero-order valence-corrected chi connectivity index (χ0v) is 16.6. The maximum absolute atomic E-state index is 12.3. The highest BCUT2D eigenvalue weighted by molar-refractivity contribution is 7.18. The predicted molar refractivity (Wildman–Crippen MR) is 107 cm³/mol. The van der Waals surface area contributed by atoms with Gasteiger partial charge in [0, 0.05) is 5.69 Å². The third-order valence-corrected chi connectivity index (χ3v) is 6.00. The standard InChI is InChI=1S/C20H24N4O2S/c1-3-26-20(25)18-16(15(12-21)19(22)27-18)13-23-8-10-24(11-9-23)17-7-5-4-6-14(17)2/h4-7H,3,8-11,13,22H2,1-2H3/p+1. The van der Waals surface area contributed by atoms with Gasteiger partial charge in [-0.25, -0.2) is 4.79 Å². The van der Waals surface area contributed by atoms with Crippen molar-refractivity contribution in [1.82, 2.24) is 0 Å². The summed E-state index contributed by atoms with van der Waals surface area (Å²) >= 11 is 1.16. The first-order chi connectivity index (χ1) is 13.0. The molecule has 1 aliphatic rings. The molecule has 0 bridgehead atoms. The van der Waals surface area contributed by atoms with Crippen LogP contribution in [0, 0.1) is 18.3 Å². The molecule has 0 unspecified atom stereocenters. The number of nitrogens with zero attached hydrogens (tertiary/aromatic N) is 2. The molecule has 1 aromatic carbocycles. The molecule has 142 valence electrons. The summed E-state index contributed by atoms with van der Waals surface area (Å²) in [4.78, 5) is 16.5. The summed E-state index contributed by atoms with van der Waals surface area (Å²) in [6.07, 6.45) is 0. The maximum Gasteiger partial charge on any atom is 0.348 e. The van der Waals surface area contributed by atoms with E-state index >= 15 is 0 Å². The first-order valence-corrected chi connectivity index (χ1v) is 9.99. The van der Waals surface area contributed by atoms with Crippen molar-refractivity contribution >= 4 is 28.0 Å². The summed E-state index contributed by atoms with van der Waals surface area (Å²) in [7, 11) is 0. The van der Waals surface area contributed by atoms with Crippen LogP contribution in [0.5, 0.6) is 0 Å². The van der Waals surface area contributed by atoms with E-state index < -0.39 is 0 Å². The number of para-hydroxylation sites is 1. The monoisotopic (exact) mass is 385 g/mol. The lowest BCUT2D eigenvalue weighted by molar-refractivity contribution is -0.914. The fourth-order valence-electron chi connectivity index (χ4n) is 3.55. The lowest BCUT2D eigenvalue weighted by atomic mass is 10.1. The van der Waals surface area contributed by atoms with Crippen molar-refractivity contribution in [3.63, 3.8) is 0 Å². The number of quaternary nitrogens is 1. The minimum absolute atomic E-state index is 0.305. The summed E-state index contributed by atoms with van der Waals surface area (Å²) in [6.45, 7) is 8.59. The summed E-state index contributed by atoms with van der Waals surface area (Å²) in [5, 5.41) is 9.88. The number of hydrogen-bond acceptors (Lipinski definition) is 6. The topological polar surface area (TPSA) is 83.8 Å². The van der Waals surface area contributed by atoms with E-state index in [9.17, 15) is 10.1 Å². The van der Waals surface area contributed by atoms with Crippen LogP contribution in [0.25, 0.3) is 0 Å². The number of nitriles is 1. The lowest BCUT2D eigenvalue weighted by Gasteiger charge is -2.34. The Kier molecular flexibility index (Phi) is 5.99. The Bertz CT molecular complexity index is 863. The average molecular weight is 386 g/mol. The fraction of sp³-hybridized carbons (Fsp3) is 0.400. The fourth-order valence-corrected chi connectivity index (χ4v) is 4.48. The van der Waals surface area contributed by atoms with Gasteiger partial charge in [-0.2, -0.15) is 5.26 Å². The molecular weight excluding hydrogens is 360 g/mol. The molecule has 6 nitrogen and oxygen atoms in total. The molecule has 0 atom stereocenters. The van der Waals surface area contributed by atoms with Crippen LogP contribution < -0.4 is 15.5 Å². The van der Waals surface area contributed by atoms with Gasteiger partial charge in [0.05, 0.1) is 43.9 Å². The summed E-state index contributed by atoms with van der Waals surface area (Å²) in [5.74, 6) is -0.386. The smallest absolute Gasteiger partial charge is 0.348 e. The molecular formula is C20H25N4O2S+. The molecule has 1 saturated heterocycles. The molecule has 0 amide bonds. The number of thiophene rings is 1. The van der Waals surface area contributed by atoms with Crippen LogP contribution in [0.1, 0.15) is 33.3 Å². The highest BCUT2D eigenvalue weighted by Crippen LogP contribution is 2.31. The highest BCUT2D eigenvalue weighted by Gasteiger charge is 2.28. The Morgan fingerprint density at radius 3 is 2.70 bits per heavy atom. The normalized spacial score (nSPS) is 14.8. The van der Waals surface area contributed by atoms with Gasteiger partial charge in [-0.15, -0.1) is 11.3 Å². The molecule has 0 saturated carbocycles. The van der Waals surface area contributed by atoms with Crippen LogP contribution in [0.2, 0.25) is 0 Å². The largest absolute Gasteiger partial charge is 0.462 e. The summed E-state index contributed by atoms with van der Waals surface area (Å²) in [6, 6.07) is 10.6. The molecule has 7 heteroatoms. The Hall–Kier alpha value is -2.56. The van der Waals surface area contributed by atoms with Gasteiger partial charge in [0.2, 0.25) is 0 Å². The van der Waals surface area contributed by atoms with E-state index in [1.165, 1.54) is 16.2 Å². The number of hydrogen-bond donors (Lipinski definition) is 2. The highest BCUT2D eigenvalue weighted by atomic mass is 32.1. The molecule has 2 aromatic rings. The van der Waals surface area contributed by atoms with Gasteiger partial charge in [0.15, 0.2) is 0 Å². The molecule has 0 aliphatic carbocycles. The van der Waals surface area contributed by atoms with Crippen molar-refractivity contribution in [1.29, 1.82) is 5.26 Å². The molecule has 3 N–H and O–H groups in total. The Balaban J connectivity index is 1.73. The summed E-state index contributed by atoms with van der Waals surface area (Å²) in [5.41, 5.74) is 9.70. The second-order valence-corrected chi connectivity index (χ2v) is 7.73. The van der Waals surface area contributed by atoms with Gasteiger partial charge in [0.25, 0.3) is 0 Å². The van der Waals surface area contributed by atoms with Crippen LogP contribution >= 0.6 is 11.3 Å². The number of benzene rings is 1. The van der Waals surface area contributed by atoms with Gasteiger partial charge in [-0.1, -0.05) is 18.2 Å². The number of aryl methyl sites for hydroxylation is 1. The van der Waals surface area contributed by atoms with E-state index in [-0.39, 0.29) is 5.97 Å². The van der Waals surface area contributed by atoms with Gasteiger partial charge in [0.1, 0.15) is 22.5 Å². The molecule has 0 radical (unpaired) electrons. The minimum Gasteiger partial charge on any atom is -0.462 e. The maximum atomic E-state index is 12.3. The molecule has 1 aliphatic heterocycles. The lowest BCUT2D eigenvalue weighted by Crippen LogP contribution is -3.13. The number of nitrogens with two attached hydrogens (primary N) is 1. The van der Waals surface area contributed by atoms with Gasteiger partial charge in [-0.3, -0.25) is 0 Å². The number of nitrogen functional groups attached to an aromatic ring is 1. The number of esters is 1. The first kappa shape index (κ1) is 19.2. The zero-order chi connectivity index (χ0) is 19.4. The average Bonchev–Trinajstić information content (AvgIpc) is 2.98. The Morgan fingerprint density at radius 1 is 1.37 bits per heavy atom. The van der Waals surface area contributed by atoms with Crippen molar-refractivity contribution in [2.75, 3.05) is 43.4 Å². The molecule has 1 fully saturated rings. The third-order valence-electron chi connectivity index (χ3n) is 4.96. The number of anilines is 2. The van der Waals surface area contributed by atoms with E-state index in [1.54, 1.807) is 6.92 Å². The van der Waals surface area contributed by atoms with E-state index in [0.29, 0.717) is 28.6 Å². The first-order valence-electron chi connectivity index (χ1n) is 9.17. The van der Waals surface area contributed by atoms with E-state index in [0.717, 1.165) is 43.1 Å². The van der Waals surface area contributed by atoms with E-state index in [2.05, 4.69) is 42.2 Å². The number of nitrogens with one attached hydrogen (secondary N) is 1. The van der Waals surface area contributed by atoms with Gasteiger partial charge < -0.3 is 20.3 Å². The van der Waals surface area contributed by atoms with Crippen LogP contribution in [0.15, 0.2) is 24.3 Å². The van der Waals surface area contributed by atoms with Crippen LogP contribution in [0.4, 0.5) is 10.7 Å². The Morgan fingerprint density at radius 2 is 2.07 bits per heavy atom. The van der Waals surface area contributed by atoms with E-state index in [4.69, 9.17) is 10.5 Å². The van der Waals surface area contributed by atoms with Crippen molar-refractivity contribution in [2.45, 2.75) is 20.4 Å². The van der Waals surface area contributed by atoms with Gasteiger partial charge in [-0.05, 0) is 25.5 Å². The van der Waals surface area contributed by atoms with E-state index in [1.807, 2.05) is 0 Å². The van der Waals surface area contributed by atoms with Crippen LogP contribution in [0.3, 0.4) is 0 Å². The number of carbonyl (C=O) groups is 1. The van der Waals surface area contributed by atoms with Crippen molar-refractivity contribution in [2.24, 2.45) is 0 Å². The molecule has 0 spiro atoms. The van der Waals surface area contributed by atoms with Crippen molar-refractivity contribution in [3.05, 3.63) is 45.8 Å². The predicted octanol–water partition coefficient (Wildman–Crippen LogP) is 1.59. The number of rotatable bonds is 5. The summed E-state index contributed by atoms with van der Waals surface area (Å²) < 4.78 is 5.15. The number of piperazine rings is 1. The van der Waals surface area contributed by atoms with Crippen molar-refractivity contribution < 1.29 is 14.4 Å². The minimum atomic E-state index is -0.386.